The number of hydrogen-bond acceptors (Lipinski definition) is 4. The minimum atomic E-state index is 0.552. The fraction of sp³-hybridized carbons (Fsp3) is 0.421. The Bertz CT molecular complexity index is 603. The normalized spacial score (nSPS) is 18.2. The van der Waals surface area contributed by atoms with Gasteiger partial charge in [0.1, 0.15) is 12.4 Å². The zero-order valence-electron chi connectivity index (χ0n) is 13.7. The molecule has 1 aliphatic rings. The van der Waals surface area contributed by atoms with E-state index in [1.807, 2.05) is 30.5 Å². The van der Waals surface area contributed by atoms with Crippen molar-refractivity contribution in [2.75, 3.05) is 20.1 Å². The van der Waals surface area contributed by atoms with Crippen molar-refractivity contribution >= 4 is 0 Å². The van der Waals surface area contributed by atoms with E-state index in [2.05, 4.69) is 34.4 Å². The van der Waals surface area contributed by atoms with Crippen LogP contribution < -0.4 is 10.1 Å². The Kier molecular flexibility index (Phi) is 5.61. The first kappa shape index (κ1) is 16.0. The van der Waals surface area contributed by atoms with Gasteiger partial charge in [0.2, 0.25) is 0 Å². The van der Waals surface area contributed by atoms with Crippen molar-refractivity contribution in [3.8, 4) is 5.75 Å². The van der Waals surface area contributed by atoms with Crippen LogP contribution in [0.2, 0.25) is 0 Å². The zero-order valence-corrected chi connectivity index (χ0v) is 13.7. The molecular formula is C19H25N3O. The van der Waals surface area contributed by atoms with Crippen LogP contribution in [0.5, 0.6) is 5.75 Å². The quantitative estimate of drug-likeness (QED) is 0.853. The Morgan fingerprint density at radius 1 is 1.26 bits per heavy atom. The highest BCUT2D eigenvalue weighted by molar-refractivity contribution is 5.33. The molecule has 2 heterocycles. The Hall–Kier alpha value is -1.91. The van der Waals surface area contributed by atoms with E-state index in [9.17, 15) is 0 Å². The summed E-state index contributed by atoms with van der Waals surface area (Å²) in [7, 11) is 2.21. The second kappa shape index (κ2) is 8.09. The van der Waals surface area contributed by atoms with Crippen molar-refractivity contribution in [2.45, 2.75) is 32.0 Å². The third kappa shape index (κ3) is 4.53. The first-order valence-electron chi connectivity index (χ1n) is 8.33. The molecule has 3 rings (SSSR count). The Morgan fingerprint density at radius 2 is 2.17 bits per heavy atom. The molecule has 4 heteroatoms. The molecule has 122 valence electrons. The van der Waals surface area contributed by atoms with Gasteiger partial charge in [0.05, 0.1) is 0 Å². The number of nitrogens with zero attached hydrogens (tertiary/aromatic N) is 2. The summed E-state index contributed by atoms with van der Waals surface area (Å²) in [4.78, 5) is 6.57. The van der Waals surface area contributed by atoms with Crippen LogP contribution in [0.25, 0.3) is 0 Å². The lowest BCUT2D eigenvalue weighted by Crippen LogP contribution is -2.35. The van der Waals surface area contributed by atoms with Crippen LogP contribution in [0.4, 0.5) is 0 Å². The summed E-state index contributed by atoms with van der Waals surface area (Å²) in [6.45, 7) is 3.65. The number of pyridine rings is 1. The maximum absolute atomic E-state index is 5.98. The molecule has 23 heavy (non-hydrogen) atoms. The van der Waals surface area contributed by atoms with Crippen molar-refractivity contribution in [1.29, 1.82) is 0 Å². The van der Waals surface area contributed by atoms with E-state index in [0.29, 0.717) is 12.6 Å². The van der Waals surface area contributed by atoms with Crippen LogP contribution in [0.1, 0.15) is 24.0 Å². The number of nitrogens with one attached hydrogen (secondary N) is 1. The molecule has 1 fully saturated rings. The summed E-state index contributed by atoms with van der Waals surface area (Å²) < 4.78 is 5.98. The van der Waals surface area contributed by atoms with Crippen molar-refractivity contribution in [3.05, 3.63) is 59.9 Å². The summed E-state index contributed by atoms with van der Waals surface area (Å²) in [5.74, 6) is 0.948. The summed E-state index contributed by atoms with van der Waals surface area (Å²) in [5.41, 5.74) is 2.29. The van der Waals surface area contributed by atoms with Gasteiger partial charge < -0.3 is 15.0 Å². The van der Waals surface area contributed by atoms with Gasteiger partial charge in [-0.15, -0.1) is 0 Å². The largest absolute Gasteiger partial charge is 0.489 e. The van der Waals surface area contributed by atoms with Gasteiger partial charge in [-0.1, -0.05) is 24.3 Å². The second-order valence-electron chi connectivity index (χ2n) is 6.17. The minimum Gasteiger partial charge on any atom is -0.489 e. The smallest absolute Gasteiger partial charge is 0.124 e. The predicted octanol–water partition coefficient (Wildman–Crippen LogP) is 2.84. The number of likely N-dealkylation sites (tertiary alicyclic amines) is 1. The van der Waals surface area contributed by atoms with Crippen LogP contribution in [0.3, 0.4) is 0 Å². The minimum absolute atomic E-state index is 0.552. The number of ether oxygens (including phenoxy) is 1. The monoisotopic (exact) mass is 311 g/mol. The number of hydrogen-bond donors (Lipinski definition) is 1. The summed E-state index contributed by atoms with van der Waals surface area (Å²) in [5, 5.41) is 3.58. The molecule has 1 aromatic heterocycles. The third-order valence-corrected chi connectivity index (χ3v) is 4.46. The van der Waals surface area contributed by atoms with E-state index in [1.165, 1.54) is 24.9 Å². The SMILES string of the molecule is CN1CCC[C@H]1CNCc1ccccc1OCc1cccnc1. The third-order valence-electron chi connectivity index (χ3n) is 4.46. The summed E-state index contributed by atoms with van der Waals surface area (Å²) >= 11 is 0. The summed E-state index contributed by atoms with van der Waals surface area (Å²) in [6.07, 6.45) is 6.23. The van der Waals surface area contributed by atoms with Crippen molar-refractivity contribution in [2.24, 2.45) is 0 Å². The Balaban J connectivity index is 1.53. The van der Waals surface area contributed by atoms with E-state index in [4.69, 9.17) is 4.74 Å². The molecule has 0 amide bonds. The average molecular weight is 311 g/mol. The van der Waals surface area contributed by atoms with E-state index in [-0.39, 0.29) is 0 Å². The number of rotatable bonds is 7. The highest BCUT2D eigenvalue weighted by Gasteiger charge is 2.20. The van der Waals surface area contributed by atoms with Crippen LogP contribution in [-0.4, -0.2) is 36.1 Å². The van der Waals surface area contributed by atoms with E-state index in [0.717, 1.165) is 24.4 Å². The highest BCUT2D eigenvalue weighted by Crippen LogP contribution is 2.19. The van der Waals surface area contributed by atoms with Gasteiger partial charge in [0.25, 0.3) is 0 Å². The number of aromatic nitrogens is 1. The van der Waals surface area contributed by atoms with Crippen molar-refractivity contribution in [1.82, 2.24) is 15.2 Å². The molecule has 0 saturated carbocycles. The van der Waals surface area contributed by atoms with Gasteiger partial charge >= 0.3 is 0 Å². The zero-order chi connectivity index (χ0) is 15.9. The molecule has 1 aromatic carbocycles. The topological polar surface area (TPSA) is 37.4 Å². The molecule has 1 atom stereocenters. The van der Waals surface area contributed by atoms with Gasteiger partial charge in [0, 0.05) is 42.7 Å². The molecule has 2 aromatic rings. The lowest BCUT2D eigenvalue weighted by Gasteiger charge is -2.20. The van der Waals surface area contributed by atoms with Gasteiger partial charge in [-0.05, 0) is 38.6 Å². The van der Waals surface area contributed by atoms with Crippen molar-refractivity contribution < 1.29 is 4.74 Å². The van der Waals surface area contributed by atoms with E-state index in [1.54, 1.807) is 6.20 Å². The van der Waals surface area contributed by atoms with Gasteiger partial charge in [-0.3, -0.25) is 4.98 Å². The molecule has 1 saturated heterocycles. The molecule has 4 nitrogen and oxygen atoms in total. The highest BCUT2D eigenvalue weighted by atomic mass is 16.5. The van der Waals surface area contributed by atoms with Crippen LogP contribution >= 0.6 is 0 Å². The molecule has 0 aliphatic carbocycles. The van der Waals surface area contributed by atoms with Gasteiger partial charge in [-0.2, -0.15) is 0 Å². The molecular weight excluding hydrogens is 286 g/mol. The molecule has 1 aliphatic heterocycles. The maximum Gasteiger partial charge on any atom is 0.124 e. The molecule has 0 spiro atoms. The number of benzene rings is 1. The lowest BCUT2D eigenvalue weighted by molar-refractivity contribution is 0.293. The first-order chi connectivity index (χ1) is 11.3. The van der Waals surface area contributed by atoms with Crippen LogP contribution in [0.15, 0.2) is 48.8 Å². The molecule has 1 N–H and O–H groups in total. The molecule has 0 radical (unpaired) electrons. The molecule has 0 unspecified atom stereocenters. The second-order valence-corrected chi connectivity index (χ2v) is 6.17. The first-order valence-corrected chi connectivity index (χ1v) is 8.33. The maximum atomic E-state index is 5.98. The lowest BCUT2D eigenvalue weighted by atomic mass is 10.2. The standard InChI is InChI=1S/C19H25N3O/c1-22-11-5-8-18(22)14-21-13-17-7-2-3-9-19(17)23-15-16-6-4-10-20-12-16/h2-4,6-7,9-10,12,18,21H,5,8,11,13-15H2,1H3/t18-/m0/s1. The fourth-order valence-corrected chi connectivity index (χ4v) is 3.05. The van der Waals surface area contributed by atoms with Crippen LogP contribution in [-0.2, 0) is 13.2 Å². The fourth-order valence-electron chi connectivity index (χ4n) is 3.05. The number of para-hydroxylation sites is 1. The average Bonchev–Trinajstić information content (AvgIpc) is 3.00. The van der Waals surface area contributed by atoms with Gasteiger partial charge in [-0.25, -0.2) is 0 Å². The number of likely N-dealkylation sites (N-methyl/N-ethyl adjacent to an activating group) is 1. The van der Waals surface area contributed by atoms with Gasteiger partial charge in [0.15, 0.2) is 0 Å². The summed E-state index contributed by atoms with van der Waals surface area (Å²) in [6, 6.07) is 12.9. The Labute approximate surface area is 138 Å². The van der Waals surface area contributed by atoms with Crippen LogP contribution in [0, 0.1) is 0 Å². The van der Waals surface area contributed by atoms with E-state index < -0.39 is 0 Å². The molecule has 0 bridgehead atoms. The van der Waals surface area contributed by atoms with Crippen molar-refractivity contribution in [3.63, 3.8) is 0 Å². The Morgan fingerprint density at radius 3 is 2.96 bits per heavy atom. The predicted molar refractivity (Wildman–Crippen MR) is 92.4 cm³/mol. The van der Waals surface area contributed by atoms with E-state index >= 15 is 0 Å².